The molecule has 0 aliphatic heterocycles. The van der Waals surface area contributed by atoms with E-state index in [1.807, 2.05) is 174 Å². The molecule has 1 atom stereocenters. The molecule has 0 aliphatic carbocycles. The Morgan fingerprint density at radius 2 is 0.716 bits per heavy atom. The monoisotopic (exact) mass is 1320 g/mol. The Kier molecular flexibility index (Phi) is 54.5. The fraction of sp³-hybridized carbons (Fsp3) is 0.288. The molecule has 2 amide bonds. The number of amides is 2. The van der Waals surface area contributed by atoms with Crippen molar-refractivity contribution in [1.29, 1.82) is 0 Å². The SMILES string of the molecule is CC.CC.CC.CC.CC.CC.CC(=O)Cl.CC(=O)Nc1cncc2cccc(C(C)=O)c12.CC(=O)Nc1cncc2ccccc12.CC(=O)OC(C)=O.CC(=O)c1cccc2cncc(N)c12.CC(O)c1cccc2cncc(N)c12.Nc1cncc2ccccc12.[Li+].[OH-]. The molecule has 5 heterocycles. The summed E-state index contributed by atoms with van der Waals surface area (Å²) in [6, 6.07) is 32.4. The zero-order valence-electron chi connectivity index (χ0n) is 59.2. The molecule has 10 aromatic rings. The van der Waals surface area contributed by atoms with Gasteiger partial charge in [0.1, 0.15) is 0 Å². The number of hydrogen-bond acceptors (Lipinski definition) is 18. The molecule has 0 fully saturated rings. The number of rotatable bonds is 5. The number of carbonyl (C=O) groups is 7. The Labute approximate surface area is 578 Å². The van der Waals surface area contributed by atoms with Gasteiger partial charge in [0.05, 0.1) is 65.5 Å². The van der Waals surface area contributed by atoms with Crippen molar-refractivity contribution in [2.24, 2.45) is 0 Å². The van der Waals surface area contributed by atoms with Crippen molar-refractivity contribution in [3.8, 4) is 0 Å². The van der Waals surface area contributed by atoms with Crippen LogP contribution in [-0.4, -0.2) is 76.1 Å². The van der Waals surface area contributed by atoms with Crippen LogP contribution >= 0.6 is 11.6 Å². The summed E-state index contributed by atoms with van der Waals surface area (Å²) in [4.78, 5) is 93.8. The number of benzene rings is 5. The number of pyridine rings is 5. The van der Waals surface area contributed by atoms with Crippen molar-refractivity contribution < 1.29 is 67.7 Å². The summed E-state index contributed by atoms with van der Waals surface area (Å²) in [5.41, 5.74) is 22.6. The van der Waals surface area contributed by atoms with Crippen molar-refractivity contribution in [1.82, 2.24) is 24.9 Å². The maximum Gasteiger partial charge on any atom is 1.00 e. The number of hydrogen-bond donors (Lipinski definition) is 6. The summed E-state index contributed by atoms with van der Waals surface area (Å²) in [5.74, 6) is -1.40. The second-order valence-electron chi connectivity index (χ2n) is 17.5. The van der Waals surface area contributed by atoms with E-state index in [9.17, 15) is 38.7 Å². The molecule has 508 valence electrons. The Morgan fingerprint density at radius 3 is 1.11 bits per heavy atom. The predicted octanol–water partition coefficient (Wildman–Crippen LogP) is 14.1. The van der Waals surface area contributed by atoms with Crippen LogP contribution < -0.4 is 46.7 Å². The van der Waals surface area contributed by atoms with Crippen molar-refractivity contribution in [3.05, 3.63) is 182 Å². The summed E-state index contributed by atoms with van der Waals surface area (Å²) < 4.78 is 3.97. The third kappa shape index (κ3) is 34.8. The van der Waals surface area contributed by atoms with E-state index in [0.717, 1.165) is 70.8 Å². The number of nitrogens with one attached hydrogen (secondary N) is 2. The number of Topliss-reactive ketones (excluding diaryl/α,β-unsaturated/α-hetero) is 2. The van der Waals surface area contributed by atoms with Crippen molar-refractivity contribution in [2.45, 2.75) is 145 Å². The normalized spacial score (nSPS) is 9.16. The number of nitrogen functional groups attached to an aromatic ring is 3. The Balaban J connectivity index is -0.000000328. The van der Waals surface area contributed by atoms with Crippen LogP contribution in [0.25, 0.3) is 53.9 Å². The van der Waals surface area contributed by atoms with Gasteiger partial charge in [-0.05, 0) is 37.9 Å². The Hall–Kier alpha value is -9.55. The van der Waals surface area contributed by atoms with E-state index in [2.05, 4.69) is 51.9 Å². The summed E-state index contributed by atoms with van der Waals surface area (Å²) >= 11 is 4.64. The van der Waals surface area contributed by atoms with E-state index in [4.69, 9.17) is 17.2 Å². The molecule has 5 aromatic carbocycles. The number of aliphatic hydroxyl groups is 1. The summed E-state index contributed by atoms with van der Waals surface area (Å²) in [5, 5.41) is 24.0. The van der Waals surface area contributed by atoms with Crippen LogP contribution in [0, 0.1) is 0 Å². The maximum atomic E-state index is 11.6. The number of carbonyl (C=O) groups excluding carboxylic acids is 7. The summed E-state index contributed by atoms with van der Waals surface area (Å²) in [7, 11) is 0. The number of ketones is 2. The van der Waals surface area contributed by atoms with Crippen molar-refractivity contribution in [3.63, 3.8) is 0 Å². The molecular formula is C73H98ClLiN10O10. The molecule has 1 unspecified atom stereocenters. The minimum atomic E-state index is -0.562. The zero-order valence-corrected chi connectivity index (χ0v) is 59.9. The molecule has 0 spiro atoms. The first-order valence-electron chi connectivity index (χ1n) is 30.6. The van der Waals surface area contributed by atoms with E-state index < -0.39 is 18.0 Å². The van der Waals surface area contributed by atoms with E-state index in [1.54, 1.807) is 80.9 Å². The number of fused-ring (bicyclic) bond motifs is 5. The van der Waals surface area contributed by atoms with Gasteiger partial charge in [0.25, 0.3) is 0 Å². The van der Waals surface area contributed by atoms with E-state index >= 15 is 0 Å². The largest absolute Gasteiger partial charge is 1.00 e. The smallest absolute Gasteiger partial charge is 0.870 e. The Morgan fingerprint density at radius 1 is 0.411 bits per heavy atom. The minimum absolute atomic E-state index is 0. The molecule has 10 rings (SSSR count). The number of halogens is 1. The second-order valence-corrected chi connectivity index (χ2v) is 18.0. The second kappa shape index (κ2) is 55.0. The van der Waals surface area contributed by atoms with E-state index in [0.29, 0.717) is 28.2 Å². The first-order chi connectivity index (χ1) is 44.5. The number of nitrogens with zero attached hydrogens (tertiary/aromatic N) is 5. The molecule has 10 N–H and O–H groups in total. The van der Waals surface area contributed by atoms with Gasteiger partial charge in [-0.2, -0.15) is 0 Å². The van der Waals surface area contributed by atoms with Gasteiger partial charge in [0.15, 0.2) is 11.6 Å². The number of aliphatic hydroxyl groups excluding tert-OH is 1. The predicted molar refractivity (Wildman–Crippen MR) is 390 cm³/mol. The number of anilines is 5. The minimum Gasteiger partial charge on any atom is -0.870 e. The molecular weight excluding hydrogens is 1220 g/mol. The third-order valence-electron chi connectivity index (χ3n) is 10.9. The molecule has 0 radical (unpaired) electrons. The molecule has 0 aliphatic rings. The molecule has 22 heteroatoms. The third-order valence-corrected chi connectivity index (χ3v) is 10.9. The van der Waals surface area contributed by atoms with Gasteiger partial charge in [0.2, 0.25) is 17.1 Å². The Bertz CT molecular complexity index is 3850. The number of ether oxygens (including phenoxy) is 1. The zero-order chi connectivity index (χ0) is 71.8. The number of esters is 2. The first kappa shape index (κ1) is 94.2. The average molecular weight is 1320 g/mol. The number of nitrogens with two attached hydrogens (primary N) is 3. The van der Waals surface area contributed by atoms with Crippen LogP contribution in [0.5, 0.6) is 0 Å². The van der Waals surface area contributed by atoms with Gasteiger partial charge >= 0.3 is 30.8 Å². The fourth-order valence-corrected chi connectivity index (χ4v) is 7.76. The van der Waals surface area contributed by atoms with Gasteiger partial charge in [-0.25, -0.2) is 0 Å². The first-order valence-corrected chi connectivity index (χ1v) is 31.0. The van der Waals surface area contributed by atoms with Gasteiger partial charge in [-0.1, -0.05) is 186 Å². The molecule has 0 bridgehead atoms. The van der Waals surface area contributed by atoms with E-state index in [-0.39, 0.29) is 53.0 Å². The van der Waals surface area contributed by atoms with Gasteiger partial charge in [0, 0.05) is 131 Å². The standard InChI is InChI=1S/C13H12N2O2.C11H12N2O.2C11H10N2O.C9H8N2.C4H6O3.C2H3ClO.6C2H6.Li.H2O/c1-8(16)11-5-3-4-10-6-14-7-12(13(10)11)15-9(2)17;2*1-7(14)9-4-2-3-8-5-13-6-10(12)11(8)9;1-8(14)13-11-7-12-6-9-4-2-3-5-10(9)11;10-9-6-11-5-7-3-1-2-4-8(7)9;1-3(5)7-4(2)6;1-2(3)4;6*1-2;;/h3-7H,1-2H3,(H,15,17);2-7,14H,12H2,1H3;2-6H,12H2,1H3;2-7H,1H3,(H,13,14);1-6H,10H2;1-2H3;1H3;6*1-2H3;;1H2/q;;;;;;;;;;;;;+1;/p-1. The summed E-state index contributed by atoms with van der Waals surface area (Å²) in [6.07, 6.45) is 16.3. The van der Waals surface area contributed by atoms with Crippen molar-refractivity contribution >= 4 is 134 Å². The maximum absolute atomic E-state index is 11.6. The van der Waals surface area contributed by atoms with Gasteiger partial charge in [-0.3, -0.25) is 58.5 Å². The molecule has 0 saturated carbocycles. The van der Waals surface area contributed by atoms with Gasteiger partial charge in [-0.15, -0.1) is 0 Å². The molecule has 20 nitrogen and oxygen atoms in total. The van der Waals surface area contributed by atoms with Crippen LogP contribution in [0.15, 0.2) is 165 Å². The van der Waals surface area contributed by atoms with Crippen LogP contribution in [0.2, 0.25) is 0 Å². The molecule has 95 heavy (non-hydrogen) atoms. The van der Waals surface area contributed by atoms with Gasteiger partial charge < -0.3 is 43.2 Å². The quantitative estimate of drug-likeness (QED) is 0.0306. The van der Waals surface area contributed by atoms with Crippen molar-refractivity contribution in [2.75, 3.05) is 27.8 Å². The van der Waals surface area contributed by atoms with Crippen LogP contribution in [0.4, 0.5) is 28.4 Å². The molecule has 0 saturated heterocycles. The van der Waals surface area contributed by atoms with Crippen LogP contribution in [-0.2, 0) is 28.7 Å². The molecule has 5 aromatic heterocycles. The van der Waals surface area contributed by atoms with Crippen LogP contribution in [0.3, 0.4) is 0 Å². The number of aromatic nitrogens is 5. The van der Waals surface area contributed by atoms with Crippen LogP contribution in [0.1, 0.15) is 171 Å². The van der Waals surface area contributed by atoms with E-state index in [1.165, 1.54) is 48.5 Å². The fourth-order valence-electron chi connectivity index (χ4n) is 7.76. The average Bonchev–Trinajstić information content (AvgIpc) is 0.829. The topological polar surface area (TPSA) is 346 Å². The summed E-state index contributed by atoms with van der Waals surface area (Å²) in [6.45, 7) is 35.3.